The largest absolute Gasteiger partial charge is 0.332 e. The molecule has 4 rings (SSSR count). The zero-order chi connectivity index (χ0) is 15.9. The SMILES string of the molecule is Cc1ccc(-c2cc(-c3nc(C4(N)CCCC4)no3)[nH]n2)cc1. The molecule has 3 N–H and O–H groups in total. The number of aromatic amines is 1. The molecular weight excluding hydrogens is 290 g/mol. The molecule has 1 aliphatic carbocycles. The fourth-order valence-electron chi connectivity index (χ4n) is 3.07. The van der Waals surface area contributed by atoms with E-state index in [0.717, 1.165) is 36.9 Å². The van der Waals surface area contributed by atoms with E-state index in [1.807, 2.05) is 18.2 Å². The second-order valence-electron chi connectivity index (χ2n) is 6.32. The van der Waals surface area contributed by atoms with Gasteiger partial charge in [0.15, 0.2) is 5.82 Å². The summed E-state index contributed by atoms with van der Waals surface area (Å²) in [5.41, 5.74) is 9.75. The molecule has 0 aliphatic heterocycles. The van der Waals surface area contributed by atoms with E-state index in [9.17, 15) is 0 Å². The lowest BCUT2D eigenvalue weighted by Crippen LogP contribution is -2.34. The van der Waals surface area contributed by atoms with Crippen molar-refractivity contribution in [2.75, 3.05) is 0 Å². The third kappa shape index (κ3) is 2.55. The van der Waals surface area contributed by atoms with E-state index < -0.39 is 5.54 Å². The zero-order valence-electron chi connectivity index (χ0n) is 13.0. The lowest BCUT2D eigenvalue weighted by Gasteiger charge is -2.17. The maximum atomic E-state index is 6.37. The second-order valence-corrected chi connectivity index (χ2v) is 6.32. The van der Waals surface area contributed by atoms with Gasteiger partial charge in [-0.05, 0) is 25.8 Å². The summed E-state index contributed by atoms with van der Waals surface area (Å²) in [4.78, 5) is 4.48. The standard InChI is InChI=1S/C17H19N5O/c1-11-4-6-12(7-5-11)13-10-14(21-20-13)15-19-16(22-23-15)17(18)8-2-3-9-17/h4-7,10H,2-3,8-9,18H2,1H3,(H,20,21). The van der Waals surface area contributed by atoms with E-state index in [0.29, 0.717) is 17.4 Å². The van der Waals surface area contributed by atoms with Gasteiger partial charge in [-0.2, -0.15) is 10.1 Å². The molecule has 1 fully saturated rings. The minimum atomic E-state index is -0.443. The van der Waals surface area contributed by atoms with Crippen LogP contribution < -0.4 is 5.73 Å². The molecule has 0 atom stereocenters. The Balaban J connectivity index is 1.62. The van der Waals surface area contributed by atoms with Crippen molar-refractivity contribution in [3.05, 3.63) is 41.7 Å². The van der Waals surface area contributed by atoms with Gasteiger partial charge in [-0.3, -0.25) is 5.10 Å². The van der Waals surface area contributed by atoms with Gasteiger partial charge in [-0.25, -0.2) is 0 Å². The minimum Gasteiger partial charge on any atom is -0.332 e. The maximum Gasteiger partial charge on any atom is 0.276 e. The first-order valence-corrected chi connectivity index (χ1v) is 7.90. The summed E-state index contributed by atoms with van der Waals surface area (Å²) >= 11 is 0. The molecular formula is C17H19N5O. The minimum absolute atomic E-state index is 0.433. The molecule has 0 saturated heterocycles. The van der Waals surface area contributed by atoms with Crippen LogP contribution in [0, 0.1) is 6.92 Å². The molecule has 6 nitrogen and oxygen atoms in total. The van der Waals surface area contributed by atoms with Gasteiger partial charge in [0, 0.05) is 5.56 Å². The van der Waals surface area contributed by atoms with Crippen molar-refractivity contribution < 1.29 is 4.52 Å². The van der Waals surface area contributed by atoms with Gasteiger partial charge in [-0.1, -0.05) is 47.8 Å². The highest BCUT2D eigenvalue weighted by Crippen LogP contribution is 2.35. The highest BCUT2D eigenvalue weighted by Gasteiger charge is 2.36. The molecule has 1 aromatic carbocycles. The van der Waals surface area contributed by atoms with Crippen molar-refractivity contribution in [3.8, 4) is 22.8 Å². The van der Waals surface area contributed by atoms with Crippen molar-refractivity contribution >= 4 is 0 Å². The zero-order valence-corrected chi connectivity index (χ0v) is 13.0. The Morgan fingerprint density at radius 2 is 1.91 bits per heavy atom. The molecule has 0 amide bonds. The number of aryl methyl sites for hydroxylation is 1. The Morgan fingerprint density at radius 1 is 1.17 bits per heavy atom. The fraction of sp³-hybridized carbons (Fsp3) is 0.353. The number of hydrogen-bond donors (Lipinski definition) is 2. The van der Waals surface area contributed by atoms with Crippen molar-refractivity contribution in [2.24, 2.45) is 5.73 Å². The molecule has 2 aromatic heterocycles. The first-order valence-electron chi connectivity index (χ1n) is 7.90. The Labute approximate surface area is 134 Å². The van der Waals surface area contributed by atoms with Crippen LogP contribution in [0.1, 0.15) is 37.1 Å². The smallest absolute Gasteiger partial charge is 0.276 e. The molecule has 118 valence electrons. The number of nitrogens with zero attached hydrogens (tertiary/aromatic N) is 3. The monoisotopic (exact) mass is 309 g/mol. The lowest BCUT2D eigenvalue weighted by molar-refractivity contribution is 0.372. The third-order valence-electron chi connectivity index (χ3n) is 4.52. The lowest BCUT2D eigenvalue weighted by atomic mass is 9.99. The van der Waals surface area contributed by atoms with Crippen LogP contribution in [0.15, 0.2) is 34.9 Å². The van der Waals surface area contributed by atoms with Crippen LogP contribution in [-0.2, 0) is 5.54 Å². The predicted molar refractivity (Wildman–Crippen MR) is 86.4 cm³/mol. The summed E-state index contributed by atoms with van der Waals surface area (Å²) in [5, 5.41) is 11.4. The van der Waals surface area contributed by atoms with E-state index in [1.165, 1.54) is 5.56 Å². The summed E-state index contributed by atoms with van der Waals surface area (Å²) in [7, 11) is 0. The Kier molecular flexibility index (Phi) is 3.27. The summed E-state index contributed by atoms with van der Waals surface area (Å²) in [6.45, 7) is 2.06. The fourth-order valence-corrected chi connectivity index (χ4v) is 3.07. The highest BCUT2D eigenvalue weighted by atomic mass is 16.5. The first-order chi connectivity index (χ1) is 11.1. The van der Waals surface area contributed by atoms with Crippen LogP contribution in [0.3, 0.4) is 0 Å². The van der Waals surface area contributed by atoms with Gasteiger partial charge in [0.25, 0.3) is 5.89 Å². The van der Waals surface area contributed by atoms with Crippen molar-refractivity contribution in [1.82, 2.24) is 20.3 Å². The average Bonchev–Trinajstić information content (AvgIpc) is 3.28. The number of hydrogen-bond acceptors (Lipinski definition) is 5. The molecule has 23 heavy (non-hydrogen) atoms. The van der Waals surface area contributed by atoms with Gasteiger partial charge in [0.1, 0.15) is 5.69 Å². The number of H-pyrrole nitrogens is 1. The second kappa shape index (κ2) is 5.31. The molecule has 6 heteroatoms. The molecule has 0 bridgehead atoms. The van der Waals surface area contributed by atoms with Crippen molar-refractivity contribution in [3.63, 3.8) is 0 Å². The number of nitrogens with one attached hydrogen (secondary N) is 1. The van der Waals surface area contributed by atoms with Crippen LogP contribution >= 0.6 is 0 Å². The topological polar surface area (TPSA) is 93.6 Å². The van der Waals surface area contributed by atoms with Gasteiger partial charge in [0.2, 0.25) is 0 Å². The van der Waals surface area contributed by atoms with Crippen LogP contribution in [0.25, 0.3) is 22.8 Å². The van der Waals surface area contributed by atoms with E-state index in [4.69, 9.17) is 10.3 Å². The van der Waals surface area contributed by atoms with E-state index in [1.54, 1.807) is 0 Å². The van der Waals surface area contributed by atoms with Gasteiger partial charge in [-0.15, -0.1) is 0 Å². The van der Waals surface area contributed by atoms with Crippen LogP contribution in [-0.4, -0.2) is 20.3 Å². The molecule has 0 spiro atoms. The van der Waals surface area contributed by atoms with Crippen molar-refractivity contribution in [2.45, 2.75) is 38.1 Å². The molecule has 1 aliphatic rings. The Bertz CT molecular complexity index is 812. The quantitative estimate of drug-likeness (QED) is 0.775. The molecule has 1 saturated carbocycles. The van der Waals surface area contributed by atoms with Crippen LogP contribution in [0.2, 0.25) is 0 Å². The maximum absolute atomic E-state index is 6.37. The number of benzene rings is 1. The molecule has 0 radical (unpaired) electrons. The molecule has 0 unspecified atom stereocenters. The molecule has 3 aromatic rings. The number of rotatable bonds is 3. The van der Waals surface area contributed by atoms with Crippen LogP contribution in [0.5, 0.6) is 0 Å². The predicted octanol–water partition coefficient (Wildman–Crippen LogP) is 3.16. The summed E-state index contributed by atoms with van der Waals surface area (Å²) in [6, 6.07) is 10.1. The average molecular weight is 309 g/mol. The summed E-state index contributed by atoms with van der Waals surface area (Å²) < 4.78 is 5.38. The number of aromatic nitrogens is 4. The van der Waals surface area contributed by atoms with E-state index in [-0.39, 0.29) is 0 Å². The third-order valence-corrected chi connectivity index (χ3v) is 4.52. The Hall–Kier alpha value is -2.47. The van der Waals surface area contributed by atoms with E-state index >= 15 is 0 Å². The number of nitrogens with two attached hydrogens (primary N) is 1. The van der Waals surface area contributed by atoms with Crippen LogP contribution in [0.4, 0.5) is 0 Å². The van der Waals surface area contributed by atoms with Gasteiger partial charge in [0.05, 0.1) is 11.2 Å². The van der Waals surface area contributed by atoms with Gasteiger partial charge < -0.3 is 10.3 Å². The summed E-state index contributed by atoms with van der Waals surface area (Å²) in [5.74, 6) is 1.03. The van der Waals surface area contributed by atoms with E-state index in [2.05, 4.69) is 39.4 Å². The normalized spacial score (nSPS) is 16.8. The van der Waals surface area contributed by atoms with Gasteiger partial charge >= 0.3 is 0 Å². The summed E-state index contributed by atoms with van der Waals surface area (Å²) in [6.07, 6.45) is 4.04. The first kappa shape index (κ1) is 14.1. The Morgan fingerprint density at radius 3 is 2.65 bits per heavy atom. The highest BCUT2D eigenvalue weighted by molar-refractivity contribution is 5.64. The van der Waals surface area contributed by atoms with Crippen molar-refractivity contribution in [1.29, 1.82) is 0 Å². The molecule has 2 heterocycles.